The second-order valence-electron chi connectivity index (χ2n) is 7.81. The van der Waals surface area contributed by atoms with Crippen LogP contribution in [0.1, 0.15) is 24.0 Å². The Hall–Kier alpha value is -2.92. The van der Waals surface area contributed by atoms with Crippen LogP contribution in [0.2, 0.25) is 5.02 Å². The zero-order chi connectivity index (χ0) is 21.1. The molecule has 1 amide bonds. The number of amides is 1. The third kappa shape index (κ3) is 4.46. The Kier molecular flexibility index (Phi) is 6.00. The number of carbonyl (C=O) groups excluding carboxylic acids is 1. The second-order valence-corrected chi connectivity index (χ2v) is 8.24. The van der Waals surface area contributed by atoms with Crippen LogP contribution in [0.3, 0.4) is 0 Å². The van der Waals surface area contributed by atoms with E-state index in [2.05, 4.69) is 33.4 Å². The van der Waals surface area contributed by atoms with Crippen molar-refractivity contribution in [1.29, 1.82) is 0 Å². The first-order chi connectivity index (χ1) is 14.5. The topological polar surface area (TPSA) is 58.1 Å². The van der Waals surface area contributed by atoms with Crippen molar-refractivity contribution in [3.8, 4) is 11.3 Å². The molecule has 0 saturated carbocycles. The van der Waals surface area contributed by atoms with Crippen LogP contribution in [0.5, 0.6) is 0 Å². The molecule has 1 aliphatic rings. The van der Waals surface area contributed by atoms with Gasteiger partial charge >= 0.3 is 0 Å². The fraction of sp³-hybridized carbons (Fsp3) is 0.292. The Morgan fingerprint density at radius 2 is 1.87 bits per heavy atom. The number of piperidine rings is 1. The Morgan fingerprint density at radius 1 is 1.07 bits per heavy atom. The second kappa shape index (κ2) is 8.84. The van der Waals surface area contributed by atoms with Crippen LogP contribution in [-0.2, 0) is 4.79 Å². The Morgan fingerprint density at radius 3 is 2.60 bits per heavy atom. The minimum atomic E-state index is -0.0728. The molecule has 1 aromatic heterocycles. The van der Waals surface area contributed by atoms with E-state index in [0.717, 1.165) is 47.7 Å². The van der Waals surface area contributed by atoms with Gasteiger partial charge < -0.3 is 10.2 Å². The van der Waals surface area contributed by atoms with Gasteiger partial charge in [0.1, 0.15) is 0 Å². The van der Waals surface area contributed by atoms with Crippen LogP contribution < -0.4 is 10.2 Å². The maximum absolute atomic E-state index is 12.9. The summed E-state index contributed by atoms with van der Waals surface area (Å²) in [6.07, 6.45) is 1.83. The summed E-state index contributed by atoms with van der Waals surface area (Å²) in [6.45, 7) is 5.61. The summed E-state index contributed by atoms with van der Waals surface area (Å²) >= 11 is 5.96. The van der Waals surface area contributed by atoms with Gasteiger partial charge in [-0.1, -0.05) is 35.9 Å². The van der Waals surface area contributed by atoms with E-state index in [0.29, 0.717) is 11.6 Å². The van der Waals surface area contributed by atoms with E-state index in [-0.39, 0.29) is 11.8 Å². The molecule has 1 saturated heterocycles. The third-order valence-electron chi connectivity index (χ3n) is 5.77. The average molecular weight is 421 g/mol. The maximum atomic E-state index is 12.9. The predicted molar refractivity (Wildman–Crippen MR) is 122 cm³/mol. The number of carbonyl (C=O) groups is 1. The van der Waals surface area contributed by atoms with Gasteiger partial charge in [0.2, 0.25) is 5.91 Å². The summed E-state index contributed by atoms with van der Waals surface area (Å²) in [5.74, 6) is 0.799. The fourth-order valence-electron chi connectivity index (χ4n) is 3.79. The van der Waals surface area contributed by atoms with Crippen LogP contribution in [0.25, 0.3) is 11.3 Å². The largest absolute Gasteiger partial charge is 0.354 e. The van der Waals surface area contributed by atoms with Gasteiger partial charge in [-0.3, -0.25) is 4.79 Å². The number of nitrogens with zero attached hydrogens (tertiary/aromatic N) is 3. The van der Waals surface area contributed by atoms with Crippen molar-refractivity contribution in [3.05, 3.63) is 70.7 Å². The van der Waals surface area contributed by atoms with Gasteiger partial charge in [0.05, 0.1) is 11.6 Å². The van der Waals surface area contributed by atoms with Crippen molar-refractivity contribution < 1.29 is 4.79 Å². The normalized spacial score (nSPS) is 16.4. The van der Waals surface area contributed by atoms with Crippen molar-refractivity contribution in [2.45, 2.75) is 26.7 Å². The molecule has 0 radical (unpaired) electrons. The summed E-state index contributed by atoms with van der Waals surface area (Å²) in [5, 5.41) is 12.6. The van der Waals surface area contributed by atoms with E-state index < -0.39 is 0 Å². The van der Waals surface area contributed by atoms with E-state index in [9.17, 15) is 4.79 Å². The summed E-state index contributed by atoms with van der Waals surface area (Å²) in [6, 6.07) is 17.5. The van der Waals surface area contributed by atoms with Crippen LogP contribution in [0.4, 0.5) is 11.5 Å². The third-order valence-corrected chi connectivity index (χ3v) is 6.02. The molecule has 3 aromatic rings. The Balaban J connectivity index is 1.44. The lowest BCUT2D eigenvalue weighted by atomic mass is 9.96. The van der Waals surface area contributed by atoms with Gasteiger partial charge in [0.25, 0.3) is 0 Å². The summed E-state index contributed by atoms with van der Waals surface area (Å²) in [5.41, 5.74) is 4.96. The monoisotopic (exact) mass is 420 g/mol. The average Bonchev–Trinajstić information content (AvgIpc) is 2.78. The molecule has 0 bridgehead atoms. The predicted octanol–water partition coefficient (Wildman–Crippen LogP) is 5.27. The number of benzene rings is 2. The van der Waals surface area contributed by atoms with Crippen LogP contribution in [0.15, 0.2) is 54.6 Å². The van der Waals surface area contributed by atoms with Gasteiger partial charge in [-0.15, -0.1) is 10.2 Å². The van der Waals surface area contributed by atoms with Crippen LogP contribution in [0, 0.1) is 19.8 Å². The number of aryl methyl sites for hydroxylation is 1. The van der Waals surface area contributed by atoms with E-state index in [1.807, 2.05) is 55.5 Å². The molecule has 1 aliphatic heterocycles. The number of anilines is 2. The lowest BCUT2D eigenvalue weighted by molar-refractivity contribution is -0.120. The molecule has 5 nitrogen and oxygen atoms in total. The molecule has 1 N–H and O–H groups in total. The first kappa shape index (κ1) is 20.4. The molecule has 154 valence electrons. The van der Waals surface area contributed by atoms with Gasteiger partial charge in [-0.2, -0.15) is 0 Å². The highest BCUT2D eigenvalue weighted by Gasteiger charge is 2.27. The SMILES string of the molecule is Cc1cccc(NC(=O)C2CCCN(c3ccc(-c4ccc(Cl)cc4)nn3)C2)c1C. The zero-order valence-corrected chi connectivity index (χ0v) is 18.0. The quantitative estimate of drug-likeness (QED) is 0.624. The summed E-state index contributed by atoms with van der Waals surface area (Å²) in [4.78, 5) is 15.0. The summed E-state index contributed by atoms with van der Waals surface area (Å²) in [7, 11) is 0. The van der Waals surface area contributed by atoms with Crippen LogP contribution in [-0.4, -0.2) is 29.2 Å². The fourth-order valence-corrected chi connectivity index (χ4v) is 3.92. The zero-order valence-electron chi connectivity index (χ0n) is 17.2. The molecule has 0 spiro atoms. The maximum Gasteiger partial charge on any atom is 0.229 e. The first-order valence-corrected chi connectivity index (χ1v) is 10.6. The minimum absolute atomic E-state index is 0.0687. The van der Waals surface area contributed by atoms with E-state index in [1.54, 1.807) is 0 Å². The standard InChI is InChI=1S/C24H25ClN4O/c1-16-5-3-7-21(17(16)2)26-24(30)19-6-4-14-29(15-19)23-13-12-22(27-28-23)18-8-10-20(25)11-9-18/h3,5,7-13,19H,4,6,14-15H2,1-2H3,(H,26,30). The lowest BCUT2D eigenvalue weighted by Crippen LogP contribution is -2.41. The molecule has 1 unspecified atom stereocenters. The first-order valence-electron chi connectivity index (χ1n) is 10.2. The van der Waals surface area contributed by atoms with E-state index in [1.165, 1.54) is 5.56 Å². The summed E-state index contributed by atoms with van der Waals surface area (Å²) < 4.78 is 0. The molecule has 30 heavy (non-hydrogen) atoms. The highest BCUT2D eigenvalue weighted by atomic mass is 35.5. The van der Waals surface area contributed by atoms with Crippen molar-refractivity contribution in [3.63, 3.8) is 0 Å². The van der Waals surface area contributed by atoms with Gasteiger partial charge in [0, 0.05) is 29.4 Å². The highest BCUT2D eigenvalue weighted by Crippen LogP contribution is 2.26. The number of aromatic nitrogens is 2. The van der Waals surface area contributed by atoms with Crippen molar-refractivity contribution in [2.24, 2.45) is 5.92 Å². The Bertz CT molecular complexity index is 1030. The molecule has 1 atom stereocenters. The molecular formula is C24H25ClN4O. The molecule has 4 rings (SSSR count). The van der Waals surface area contributed by atoms with Gasteiger partial charge in [-0.05, 0) is 68.1 Å². The van der Waals surface area contributed by atoms with Crippen molar-refractivity contribution in [1.82, 2.24) is 10.2 Å². The molecule has 1 fully saturated rings. The molecular weight excluding hydrogens is 396 g/mol. The minimum Gasteiger partial charge on any atom is -0.354 e. The Labute approximate surface area is 182 Å². The highest BCUT2D eigenvalue weighted by molar-refractivity contribution is 6.30. The van der Waals surface area contributed by atoms with Gasteiger partial charge in [-0.25, -0.2) is 0 Å². The molecule has 2 heterocycles. The van der Waals surface area contributed by atoms with E-state index in [4.69, 9.17) is 11.6 Å². The molecule has 6 heteroatoms. The van der Waals surface area contributed by atoms with Gasteiger partial charge in [0.15, 0.2) is 5.82 Å². The number of halogens is 1. The van der Waals surface area contributed by atoms with Crippen molar-refractivity contribution in [2.75, 3.05) is 23.3 Å². The van der Waals surface area contributed by atoms with Crippen LogP contribution >= 0.6 is 11.6 Å². The molecule has 2 aromatic carbocycles. The number of nitrogens with one attached hydrogen (secondary N) is 1. The number of hydrogen-bond acceptors (Lipinski definition) is 4. The van der Waals surface area contributed by atoms with E-state index >= 15 is 0 Å². The molecule has 0 aliphatic carbocycles. The van der Waals surface area contributed by atoms with Crippen molar-refractivity contribution >= 4 is 29.0 Å². The number of hydrogen-bond donors (Lipinski definition) is 1. The lowest BCUT2D eigenvalue weighted by Gasteiger charge is -2.32. The number of rotatable bonds is 4. The smallest absolute Gasteiger partial charge is 0.229 e.